The molecule has 2 aromatic carbocycles. The van der Waals surface area contributed by atoms with Crippen LogP contribution < -0.4 is 5.32 Å². The summed E-state index contributed by atoms with van der Waals surface area (Å²) in [6, 6.07) is 16.0. The highest BCUT2D eigenvalue weighted by Crippen LogP contribution is 2.16. The highest BCUT2D eigenvalue weighted by atomic mass is 15.1. The van der Waals surface area contributed by atoms with Gasteiger partial charge in [0, 0.05) is 12.6 Å². The van der Waals surface area contributed by atoms with E-state index in [1.54, 1.807) is 0 Å². The van der Waals surface area contributed by atoms with Crippen LogP contribution in [-0.2, 0) is 6.54 Å². The maximum absolute atomic E-state index is 3.72. The summed E-state index contributed by atoms with van der Waals surface area (Å²) >= 11 is 0. The zero-order valence-electron chi connectivity index (χ0n) is 12.3. The minimum Gasteiger partial charge on any atom is -0.310 e. The number of hydrogen-bond donors (Lipinski definition) is 1. The summed E-state index contributed by atoms with van der Waals surface area (Å²) in [7, 11) is 0. The first kappa shape index (κ1) is 13.6. The lowest BCUT2D eigenvalue weighted by molar-refractivity contribution is 0.206. The molecule has 106 valence electrons. The van der Waals surface area contributed by atoms with Crippen LogP contribution in [-0.4, -0.2) is 30.6 Å². The third-order valence-corrected chi connectivity index (χ3v) is 4.44. The first-order valence-corrected chi connectivity index (χ1v) is 7.78. The monoisotopic (exact) mass is 268 g/mol. The van der Waals surface area contributed by atoms with Crippen molar-refractivity contribution in [3.8, 4) is 0 Å². The third kappa shape index (κ3) is 3.20. The van der Waals surface area contributed by atoms with Gasteiger partial charge in [0.05, 0.1) is 0 Å². The lowest BCUT2D eigenvalue weighted by atomic mass is 10.0. The second-order valence-corrected chi connectivity index (χ2v) is 5.77. The molecule has 2 heteroatoms. The number of piperidine rings is 1. The highest BCUT2D eigenvalue weighted by molar-refractivity contribution is 5.82. The average Bonchev–Trinajstić information content (AvgIpc) is 2.53. The Balaban J connectivity index is 1.57. The predicted molar refractivity (Wildman–Crippen MR) is 85.9 cm³/mol. The van der Waals surface area contributed by atoms with Gasteiger partial charge in [0.2, 0.25) is 0 Å². The van der Waals surface area contributed by atoms with Crippen LogP contribution in [0.5, 0.6) is 0 Å². The molecule has 0 aliphatic carbocycles. The van der Waals surface area contributed by atoms with Crippen LogP contribution in [0, 0.1) is 0 Å². The van der Waals surface area contributed by atoms with Crippen molar-refractivity contribution in [2.75, 3.05) is 19.6 Å². The van der Waals surface area contributed by atoms with Crippen LogP contribution in [0.15, 0.2) is 42.5 Å². The van der Waals surface area contributed by atoms with Gasteiger partial charge in [-0.1, -0.05) is 43.3 Å². The van der Waals surface area contributed by atoms with Gasteiger partial charge < -0.3 is 10.2 Å². The van der Waals surface area contributed by atoms with Crippen molar-refractivity contribution in [3.63, 3.8) is 0 Å². The van der Waals surface area contributed by atoms with Crippen molar-refractivity contribution < 1.29 is 0 Å². The smallest absolute Gasteiger partial charge is 0.0208 e. The summed E-state index contributed by atoms with van der Waals surface area (Å²) in [6.07, 6.45) is 2.56. The van der Waals surface area contributed by atoms with Crippen molar-refractivity contribution in [2.24, 2.45) is 0 Å². The summed E-state index contributed by atoms with van der Waals surface area (Å²) in [5.74, 6) is 0. The van der Waals surface area contributed by atoms with Gasteiger partial charge in [-0.2, -0.15) is 0 Å². The van der Waals surface area contributed by atoms with Crippen molar-refractivity contribution in [1.29, 1.82) is 0 Å². The first-order valence-electron chi connectivity index (χ1n) is 7.78. The van der Waals surface area contributed by atoms with E-state index >= 15 is 0 Å². The fourth-order valence-electron chi connectivity index (χ4n) is 3.06. The molecule has 2 aromatic rings. The molecule has 3 rings (SSSR count). The van der Waals surface area contributed by atoms with Gasteiger partial charge in [-0.05, 0) is 54.9 Å². The van der Waals surface area contributed by atoms with Gasteiger partial charge >= 0.3 is 0 Å². The third-order valence-electron chi connectivity index (χ3n) is 4.44. The minimum atomic E-state index is 0.685. The molecule has 20 heavy (non-hydrogen) atoms. The van der Waals surface area contributed by atoms with E-state index in [4.69, 9.17) is 0 Å². The van der Waals surface area contributed by atoms with Crippen LogP contribution in [0.2, 0.25) is 0 Å². The van der Waals surface area contributed by atoms with E-state index in [2.05, 4.69) is 59.6 Å². The van der Waals surface area contributed by atoms with E-state index in [9.17, 15) is 0 Å². The molecule has 0 unspecified atom stereocenters. The zero-order chi connectivity index (χ0) is 13.8. The van der Waals surface area contributed by atoms with Crippen molar-refractivity contribution in [2.45, 2.75) is 32.4 Å². The molecule has 0 spiro atoms. The van der Waals surface area contributed by atoms with Crippen LogP contribution in [0.1, 0.15) is 25.3 Å². The fourth-order valence-corrected chi connectivity index (χ4v) is 3.06. The number of likely N-dealkylation sites (tertiary alicyclic amines) is 1. The summed E-state index contributed by atoms with van der Waals surface area (Å²) in [5.41, 5.74) is 1.39. The Morgan fingerprint density at radius 3 is 2.55 bits per heavy atom. The Morgan fingerprint density at radius 2 is 1.80 bits per heavy atom. The molecule has 0 atom stereocenters. The SMILES string of the molecule is CCN1CCC(NCc2ccc3ccccc3c2)CC1. The number of rotatable bonds is 4. The maximum atomic E-state index is 3.72. The van der Waals surface area contributed by atoms with Gasteiger partial charge in [0.15, 0.2) is 0 Å². The Bertz CT molecular complexity index is 556. The largest absolute Gasteiger partial charge is 0.310 e. The van der Waals surface area contributed by atoms with Gasteiger partial charge in [-0.15, -0.1) is 0 Å². The number of benzene rings is 2. The van der Waals surface area contributed by atoms with E-state index in [0.717, 1.165) is 6.54 Å². The highest BCUT2D eigenvalue weighted by Gasteiger charge is 2.17. The van der Waals surface area contributed by atoms with Crippen LogP contribution >= 0.6 is 0 Å². The van der Waals surface area contributed by atoms with Gasteiger partial charge in [-0.3, -0.25) is 0 Å². The molecule has 1 saturated heterocycles. The fraction of sp³-hybridized carbons (Fsp3) is 0.444. The van der Waals surface area contributed by atoms with Crippen LogP contribution in [0.25, 0.3) is 10.8 Å². The Morgan fingerprint density at radius 1 is 1.05 bits per heavy atom. The Kier molecular flexibility index (Phi) is 4.34. The van der Waals surface area contributed by atoms with Crippen molar-refractivity contribution in [1.82, 2.24) is 10.2 Å². The number of fused-ring (bicyclic) bond motifs is 1. The second kappa shape index (κ2) is 6.38. The number of hydrogen-bond acceptors (Lipinski definition) is 2. The molecule has 0 radical (unpaired) electrons. The molecule has 2 nitrogen and oxygen atoms in total. The molecule has 0 aromatic heterocycles. The van der Waals surface area contributed by atoms with E-state index in [1.807, 2.05) is 0 Å². The maximum Gasteiger partial charge on any atom is 0.0208 e. The lowest BCUT2D eigenvalue weighted by Gasteiger charge is -2.31. The first-order chi connectivity index (χ1) is 9.85. The van der Waals surface area contributed by atoms with Gasteiger partial charge in [0.25, 0.3) is 0 Å². The topological polar surface area (TPSA) is 15.3 Å². The number of nitrogens with one attached hydrogen (secondary N) is 1. The van der Waals surface area contributed by atoms with Crippen molar-refractivity contribution in [3.05, 3.63) is 48.0 Å². The Hall–Kier alpha value is -1.38. The molecule has 1 N–H and O–H groups in total. The molecule has 1 fully saturated rings. The molecule has 0 saturated carbocycles. The Labute approximate surface area is 121 Å². The van der Waals surface area contributed by atoms with E-state index in [1.165, 1.54) is 48.8 Å². The quantitative estimate of drug-likeness (QED) is 0.914. The van der Waals surface area contributed by atoms with Crippen LogP contribution in [0.3, 0.4) is 0 Å². The van der Waals surface area contributed by atoms with Gasteiger partial charge in [0.1, 0.15) is 0 Å². The summed E-state index contributed by atoms with van der Waals surface area (Å²) in [5, 5.41) is 6.39. The van der Waals surface area contributed by atoms with Gasteiger partial charge in [-0.25, -0.2) is 0 Å². The molecule has 0 amide bonds. The zero-order valence-corrected chi connectivity index (χ0v) is 12.3. The van der Waals surface area contributed by atoms with E-state index in [-0.39, 0.29) is 0 Å². The summed E-state index contributed by atoms with van der Waals surface area (Å²) in [6.45, 7) is 6.92. The number of nitrogens with zero attached hydrogens (tertiary/aromatic N) is 1. The standard InChI is InChI=1S/C18H24N2/c1-2-20-11-9-18(10-12-20)19-14-15-7-8-16-5-3-4-6-17(16)13-15/h3-8,13,18-19H,2,9-12,14H2,1H3. The lowest BCUT2D eigenvalue weighted by Crippen LogP contribution is -2.42. The molecule has 1 aliphatic rings. The normalized spacial score (nSPS) is 17.6. The second-order valence-electron chi connectivity index (χ2n) is 5.77. The van der Waals surface area contributed by atoms with Crippen molar-refractivity contribution >= 4 is 10.8 Å². The molecule has 1 aliphatic heterocycles. The minimum absolute atomic E-state index is 0.685. The summed E-state index contributed by atoms with van der Waals surface area (Å²) in [4.78, 5) is 2.54. The molecule has 1 heterocycles. The molecular weight excluding hydrogens is 244 g/mol. The predicted octanol–water partition coefficient (Wildman–Crippen LogP) is 3.41. The summed E-state index contributed by atoms with van der Waals surface area (Å²) < 4.78 is 0. The average molecular weight is 268 g/mol. The molecule has 0 bridgehead atoms. The molecular formula is C18H24N2. The van der Waals surface area contributed by atoms with E-state index < -0.39 is 0 Å². The van der Waals surface area contributed by atoms with Crippen LogP contribution in [0.4, 0.5) is 0 Å². The van der Waals surface area contributed by atoms with E-state index in [0.29, 0.717) is 6.04 Å².